The van der Waals surface area contributed by atoms with E-state index in [1.165, 1.54) is 30.3 Å². The number of anilines is 1. The number of ether oxygens (including phenoxy) is 3. The lowest BCUT2D eigenvalue weighted by Gasteiger charge is -2.32. The van der Waals surface area contributed by atoms with Crippen LogP contribution in [0.15, 0.2) is 77.8 Å². The Morgan fingerprint density at radius 2 is 1.38 bits per heavy atom. The smallest absolute Gasteiger partial charge is 0.437 e. The minimum atomic E-state index is -4.84. The molecule has 286 valence electrons. The Hall–Kier alpha value is -5.40. The van der Waals surface area contributed by atoms with Crippen LogP contribution in [0, 0.1) is 5.41 Å². The summed E-state index contributed by atoms with van der Waals surface area (Å²) in [6, 6.07) is 17.5. The third-order valence-corrected chi connectivity index (χ3v) is 7.21. The molecule has 1 atom stereocenters. The molecule has 0 saturated heterocycles. The van der Waals surface area contributed by atoms with Crippen LogP contribution in [0.1, 0.15) is 89.4 Å². The molecule has 0 heterocycles. The molecule has 3 rings (SSSR count). The van der Waals surface area contributed by atoms with Crippen LogP contribution in [-0.2, 0) is 33.3 Å². The summed E-state index contributed by atoms with van der Waals surface area (Å²) in [4.78, 5) is 54.5. The molecule has 0 unspecified atom stereocenters. The van der Waals surface area contributed by atoms with Crippen molar-refractivity contribution >= 4 is 35.7 Å². The first kappa shape index (κ1) is 42.0. The molecule has 3 aromatic rings. The van der Waals surface area contributed by atoms with Gasteiger partial charge in [-0.2, -0.15) is 13.2 Å². The molecule has 3 amide bonds. The highest BCUT2D eigenvalue weighted by Gasteiger charge is 2.35. The van der Waals surface area contributed by atoms with Crippen molar-refractivity contribution in [1.29, 1.82) is 0 Å². The molecule has 11 nitrogen and oxygen atoms in total. The van der Waals surface area contributed by atoms with Crippen molar-refractivity contribution in [2.75, 3.05) is 5.32 Å². The molecule has 0 spiro atoms. The monoisotopic (exact) mass is 740 g/mol. The van der Waals surface area contributed by atoms with Crippen LogP contribution in [0.3, 0.4) is 0 Å². The number of benzene rings is 3. The Morgan fingerprint density at radius 3 is 1.92 bits per heavy atom. The highest BCUT2D eigenvalue weighted by Crippen LogP contribution is 2.35. The summed E-state index contributed by atoms with van der Waals surface area (Å²) in [5.41, 5.74) is -2.26. The number of nitrogens with zero attached hydrogens (tertiary/aromatic N) is 1. The van der Waals surface area contributed by atoms with Gasteiger partial charge in [-0.15, -0.1) is 4.99 Å². The number of hydrogen-bond acceptors (Lipinski definition) is 7. The van der Waals surface area contributed by atoms with E-state index in [9.17, 15) is 32.3 Å². The van der Waals surface area contributed by atoms with Gasteiger partial charge >= 0.3 is 24.3 Å². The lowest BCUT2D eigenvalue weighted by atomic mass is 9.83. The van der Waals surface area contributed by atoms with E-state index in [0.717, 1.165) is 11.6 Å². The summed E-state index contributed by atoms with van der Waals surface area (Å²) in [6.45, 7) is 15.7. The highest BCUT2D eigenvalue weighted by atomic mass is 19.4. The lowest BCUT2D eigenvalue weighted by molar-refractivity contribution is -0.138. The zero-order valence-corrected chi connectivity index (χ0v) is 31.4. The van der Waals surface area contributed by atoms with Crippen molar-refractivity contribution in [2.24, 2.45) is 10.4 Å². The highest BCUT2D eigenvalue weighted by molar-refractivity contribution is 6.06. The fourth-order valence-electron chi connectivity index (χ4n) is 4.73. The maximum Gasteiger partial charge on any atom is 0.437 e. The average molecular weight is 741 g/mol. The summed E-state index contributed by atoms with van der Waals surface area (Å²) < 4.78 is 58.3. The molecular weight excluding hydrogens is 693 g/mol. The summed E-state index contributed by atoms with van der Waals surface area (Å²) in [6.07, 6.45) is -6.79. The molecule has 0 aromatic heterocycles. The van der Waals surface area contributed by atoms with E-state index in [1.54, 1.807) is 41.5 Å². The quantitative estimate of drug-likeness (QED) is 0.0903. The summed E-state index contributed by atoms with van der Waals surface area (Å²) in [7, 11) is 0. The second kappa shape index (κ2) is 17.0. The number of halogens is 3. The SMILES string of the molecule is CC(C)(C)OC(=O)/N=C(/NC(=O)OC(C)(C)C)Nc1ccc(C(=O)Oc2ccc(CC(=O)N[C@@H](Cc3ccccc3)C(C)(C)C)c(C(F)(F)F)c2)cc1. The molecule has 0 aliphatic heterocycles. The van der Waals surface area contributed by atoms with E-state index in [0.29, 0.717) is 12.5 Å². The molecule has 0 radical (unpaired) electrons. The number of aliphatic imine (C=N–C) groups is 1. The predicted molar refractivity (Wildman–Crippen MR) is 195 cm³/mol. The van der Waals surface area contributed by atoms with E-state index >= 15 is 0 Å². The Morgan fingerprint density at radius 1 is 0.774 bits per heavy atom. The number of carbonyl (C=O) groups is 4. The molecule has 0 saturated carbocycles. The topological polar surface area (TPSA) is 144 Å². The predicted octanol–water partition coefficient (Wildman–Crippen LogP) is 8.47. The van der Waals surface area contributed by atoms with Crippen LogP contribution in [0.5, 0.6) is 5.75 Å². The minimum Gasteiger partial charge on any atom is -0.444 e. The summed E-state index contributed by atoms with van der Waals surface area (Å²) >= 11 is 0. The molecule has 0 aliphatic rings. The van der Waals surface area contributed by atoms with Gasteiger partial charge in [0.25, 0.3) is 0 Å². The van der Waals surface area contributed by atoms with Gasteiger partial charge in [-0.3, -0.25) is 10.1 Å². The van der Waals surface area contributed by atoms with Crippen LogP contribution in [0.25, 0.3) is 0 Å². The van der Waals surface area contributed by atoms with E-state index in [4.69, 9.17) is 14.2 Å². The van der Waals surface area contributed by atoms with Crippen molar-refractivity contribution < 1.29 is 46.6 Å². The van der Waals surface area contributed by atoms with Crippen molar-refractivity contribution in [3.8, 4) is 5.75 Å². The lowest BCUT2D eigenvalue weighted by Crippen LogP contribution is -2.45. The third kappa shape index (κ3) is 14.6. The average Bonchev–Trinajstić information content (AvgIpc) is 2.99. The number of esters is 1. The summed E-state index contributed by atoms with van der Waals surface area (Å²) in [5.74, 6) is -2.25. The number of alkyl halides is 3. The van der Waals surface area contributed by atoms with Crippen molar-refractivity contribution in [1.82, 2.24) is 10.6 Å². The zero-order chi connectivity index (χ0) is 39.8. The Balaban J connectivity index is 1.75. The third-order valence-electron chi connectivity index (χ3n) is 7.21. The molecule has 3 aromatic carbocycles. The van der Waals surface area contributed by atoms with E-state index in [1.807, 2.05) is 51.1 Å². The van der Waals surface area contributed by atoms with Crippen LogP contribution in [0.4, 0.5) is 28.4 Å². The maximum absolute atomic E-state index is 14.2. The Labute approximate surface area is 307 Å². The Bertz CT molecular complexity index is 1790. The van der Waals surface area contributed by atoms with Crippen LogP contribution in [-0.4, -0.2) is 47.3 Å². The normalized spacial score (nSPS) is 13.0. The van der Waals surface area contributed by atoms with Gasteiger partial charge in [0.2, 0.25) is 11.9 Å². The van der Waals surface area contributed by atoms with Crippen LogP contribution < -0.4 is 20.7 Å². The second-order valence-electron chi connectivity index (χ2n) is 15.3. The standard InChI is InChI=1S/C39H47F3N4O7/c1-36(2,3)30(21-24-13-11-10-12-14-24)44-31(47)22-26-17-20-28(23-29(26)39(40,41)42)51-32(48)25-15-18-27(19-16-25)43-33(45-34(49)52-37(4,5)6)46-35(50)53-38(7,8)9/h10-20,23,30H,21-22H2,1-9H3,(H,44,47)(H2,43,45,46,49,50)/t30-/m0/s1. The van der Waals surface area contributed by atoms with Crippen LogP contribution >= 0.6 is 0 Å². The number of rotatable bonds is 8. The Kier molecular flexibility index (Phi) is 13.4. The zero-order valence-electron chi connectivity index (χ0n) is 31.4. The number of amides is 3. The van der Waals surface area contributed by atoms with Gasteiger partial charge in [-0.25, -0.2) is 14.4 Å². The molecule has 0 aliphatic carbocycles. The van der Waals surface area contributed by atoms with Gasteiger partial charge in [0.1, 0.15) is 17.0 Å². The minimum absolute atomic E-state index is 0.0232. The van der Waals surface area contributed by atoms with E-state index < -0.39 is 53.4 Å². The first-order chi connectivity index (χ1) is 24.4. The van der Waals surface area contributed by atoms with Crippen molar-refractivity contribution in [3.63, 3.8) is 0 Å². The van der Waals surface area contributed by atoms with E-state index in [2.05, 4.69) is 20.9 Å². The molecule has 14 heteroatoms. The van der Waals surface area contributed by atoms with Gasteiger partial charge in [0.15, 0.2) is 0 Å². The molecule has 0 fully saturated rings. The number of carbonyl (C=O) groups excluding carboxylic acids is 4. The number of guanidine groups is 1. The van der Waals surface area contributed by atoms with Crippen molar-refractivity contribution in [3.05, 3.63) is 95.1 Å². The summed E-state index contributed by atoms with van der Waals surface area (Å²) in [5, 5.41) is 7.97. The van der Waals surface area contributed by atoms with Gasteiger partial charge in [0.05, 0.1) is 17.5 Å². The number of hydrogen-bond donors (Lipinski definition) is 3. The van der Waals surface area contributed by atoms with Crippen LogP contribution in [0.2, 0.25) is 0 Å². The molecule has 0 bridgehead atoms. The first-order valence-corrected chi connectivity index (χ1v) is 16.8. The number of alkyl carbamates (subject to hydrolysis) is 1. The fourth-order valence-corrected chi connectivity index (χ4v) is 4.73. The second-order valence-corrected chi connectivity index (χ2v) is 15.3. The molecule has 53 heavy (non-hydrogen) atoms. The fraction of sp³-hybridized carbons (Fsp3) is 0.410. The number of nitrogens with one attached hydrogen (secondary N) is 3. The largest absolute Gasteiger partial charge is 0.444 e. The first-order valence-electron chi connectivity index (χ1n) is 16.8. The van der Waals surface area contributed by atoms with Gasteiger partial charge in [0, 0.05) is 11.7 Å². The van der Waals surface area contributed by atoms with Gasteiger partial charge < -0.3 is 24.8 Å². The van der Waals surface area contributed by atoms with Gasteiger partial charge in [-0.05, 0) is 101 Å². The molecular formula is C39H47F3N4O7. The van der Waals surface area contributed by atoms with Crippen molar-refractivity contribution in [2.45, 2.75) is 98.6 Å². The maximum atomic E-state index is 14.2. The van der Waals surface area contributed by atoms with E-state index in [-0.39, 0.29) is 40.0 Å². The molecule has 3 N–H and O–H groups in total. The van der Waals surface area contributed by atoms with Gasteiger partial charge in [-0.1, -0.05) is 57.2 Å².